The van der Waals surface area contributed by atoms with E-state index in [2.05, 4.69) is 11.1 Å². The van der Waals surface area contributed by atoms with Crippen molar-refractivity contribution >= 4 is 34.3 Å². The van der Waals surface area contributed by atoms with Crippen molar-refractivity contribution in [2.24, 2.45) is 4.99 Å². The molecule has 2 nitrogen and oxygen atoms in total. The molecular formula is C13H12ClNOS. The zero-order chi connectivity index (χ0) is 12.3. The molecule has 0 aliphatic carbocycles. The SMILES string of the molecule is COc1ccc(N=C(C)c2cccs2)cc1Cl. The standard InChI is InChI=1S/C13H12ClNOS/c1-9(13-4-3-7-17-13)15-10-5-6-12(16-2)11(14)8-10/h3-8H,1-2H3. The second-order valence-corrected chi connectivity index (χ2v) is 4.85. The summed E-state index contributed by atoms with van der Waals surface area (Å²) in [6, 6.07) is 9.58. The van der Waals surface area contributed by atoms with Gasteiger partial charge in [-0.15, -0.1) is 11.3 Å². The van der Waals surface area contributed by atoms with Gasteiger partial charge in [0.15, 0.2) is 0 Å². The fourth-order valence-corrected chi connectivity index (χ4v) is 2.39. The first-order valence-corrected chi connectivity index (χ1v) is 6.39. The van der Waals surface area contributed by atoms with E-state index in [1.54, 1.807) is 24.5 Å². The van der Waals surface area contributed by atoms with E-state index in [0.717, 1.165) is 16.3 Å². The van der Waals surface area contributed by atoms with E-state index in [-0.39, 0.29) is 0 Å². The van der Waals surface area contributed by atoms with E-state index in [4.69, 9.17) is 16.3 Å². The molecule has 2 rings (SSSR count). The molecule has 0 bridgehead atoms. The normalized spacial score (nSPS) is 11.6. The van der Waals surface area contributed by atoms with E-state index < -0.39 is 0 Å². The van der Waals surface area contributed by atoms with Gasteiger partial charge in [0.05, 0.1) is 23.5 Å². The van der Waals surface area contributed by atoms with Gasteiger partial charge in [-0.05, 0) is 36.6 Å². The lowest BCUT2D eigenvalue weighted by molar-refractivity contribution is 0.415. The summed E-state index contributed by atoms with van der Waals surface area (Å²) in [7, 11) is 1.60. The number of rotatable bonds is 3. The van der Waals surface area contributed by atoms with Crippen LogP contribution >= 0.6 is 22.9 Å². The Balaban J connectivity index is 2.30. The Morgan fingerprint density at radius 2 is 2.18 bits per heavy atom. The van der Waals surface area contributed by atoms with Gasteiger partial charge in [0.2, 0.25) is 0 Å². The fourth-order valence-electron chi connectivity index (χ4n) is 1.46. The summed E-state index contributed by atoms with van der Waals surface area (Å²) >= 11 is 7.72. The third-order valence-corrected chi connectivity index (χ3v) is 3.58. The highest BCUT2D eigenvalue weighted by Gasteiger charge is 2.02. The number of hydrogen-bond acceptors (Lipinski definition) is 3. The van der Waals surface area contributed by atoms with Gasteiger partial charge in [-0.2, -0.15) is 0 Å². The molecule has 0 saturated heterocycles. The van der Waals surface area contributed by atoms with Gasteiger partial charge in [-0.3, -0.25) is 4.99 Å². The number of aliphatic imine (C=N–C) groups is 1. The smallest absolute Gasteiger partial charge is 0.137 e. The van der Waals surface area contributed by atoms with Gasteiger partial charge in [0.25, 0.3) is 0 Å². The van der Waals surface area contributed by atoms with Crippen LogP contribution in [0.2, 0.25) is 5.02 Å². The van der Waals surface area contributed by atoms with Crippen LogP contribution in [0.1, 0.15) is 11.8 Å². The van der Waals surface area contributed by atoms with Crippen LogP contribution in [-0.4, -0.2) is 12.8 Å². The molecule has 0 atom stereocenters. The fraction of sp³-hybridized carbons (Fsp3) is 0.154. The number of benzene rings is 1. The van der Waals surface area contributed by atoms with E-state index in [9.17, 15) is 0 Å². The van der Waals surface area contributed by atoms with Crippen LogP contribution in [0.4, 0.5) is 5.69 Å². The van der Waals surface area contributed by atoms with Crippen LogP contribution in [0.5, 0.6) is 5.75 Å². The van der Waals surface area contributed by atoms with Crippen LogP contribution in [0.25, 0.3) is 0 Å². The molecular weight excluding hydrogens is 254 g/mol. The van der Waals surface area contributed by atoms with Gasteiger partial charge < -0.3 is 4.74 Å². The molecule has 2 aromatic rings. The van der Waals surface area contributed by atoms with E-state index in [1.165, 1.54) is 0 Å². The largest absolute Gasteiger partial charge is 0.495 e. The van der Waals surface area contributed by atoms with Gasteiger partial charge in [-0.1, -0.05) is 17.7 Å². The molecule has 0 fully saturated rings. The topological polar surface area (TPSA) is 21.6 Å². The number of nitrogens with zero attached hydrogens (tertiary/aromatic N) is 1. The molecule has 17 heavy (non-hydrogen) atoms. The van der Waals surface area contributed by atoms with Crippen LogP contribution in [0.15, 0.2) is 40.7 Å². The maximum absolute atomic E-state index is 6.05. The van der Waals surface area contributed by atoms with Crippen molar-refractivity contribution in [1.29, 1.82) is 0 Å². The predicted octanol–water partition coefficient (Wildman–Crippen LogP) is 4.55. The average Bonchev–Trinajstić information content (AvgIpc) is 2.82. The molecule has 0 N–H and O–H groups in total. The maximum Gasteiger partial charge on any atom is 0.137 e. The van der Waals surface area contributed by atoms with Crippen LogP contribution in [-0.2, 0) is 0 Å². The molecule has 1 aromatic carbocycles. The molecule has 0 amide bonds. The lowest BCUT2D eigenvalue weighted by Crippen LogP contribution is -1.89. The summed E-state index contributed by atoms with van der Waals surface area (Å²) in [4.78, 5) is 5.69. The lowest BCUT2D eigenvalue weighted by Gasteiger charge is -2.03. The van der Waals surface area contributed by atoms with Crippen LogP contribution in [0, 0.1) is 0 Å². The van der Waals surface area contributed by atoms with Crippen molar-refractivity contribution in [2.45, 2.75) is 6.92 Å². The molecule has 88 valence electrons. The minimum absolute atomic E-state index is 0.577. The Labute approximate surface area is 110 Å². The number of hydrogen-bond donors (Lipinski definition) is 0. The summed E-state index contributed by atoms with van der Waals surface area (Å²) in [5.41, 5.74) is 1.82. The van der Waals surface area contributed by atoms with Crippen molar-refractivity contribution in [2.75, 3.05) is 7.11 Å². The first kappa shape index (κ1) is 12.1. The Bertz CT molecular complexity index is 534. The molecule has 0 unspecified atom stereocenters. The molecule has 0 radical (unpaired) electrons. The molecule has 0 aliphatic rings. The third kappa shape index (κ3) is 2.87. The number of ether oxygens (including phenoxy) is 1. The Hall–Kier alpha value is -1.32. The van der Waals surface area contributed by atoms with Gasteiger partial charge in [0.1, 0.15) is 5.75 Å². The van der Waals surface area contributed by atoms with Gasteiger partial charge in [0, 0.05) is 4.88 Å². The summed E-state index contributed by atoms with van der Waals surface area (Å²) in [6.07, 6.45) is 0. The van der Waals surface area contributed by atoms with Gasteiger partial charge >= 0.3 is 0 Å². The van der Waals surface area contributed by atoms with Crippen molar-refractivity contribution < 1.29 is 4.74 Å². The zero-order valence-corrected chi connectivity index (χ0v) is 11.2. The quantitative estimate of drug-likeness (QED) is 0.746. The van der Waals surface area contributed by atoms with Gasteiger partial charge in [-0.25, -0.2) is 0 Å². The second-order valence-electron chi connectivity index (χ2n) is 3.49. The number of halogens is 1. The Kier molecular flexibility index (Phi) is 3.82. The van der Waals surface area contributed by atoms with Crippen molar-refractivity contribution in [3.63, 3.8) is 0 Å². The molecule has 0 spiro atoms. The molecule has 1 heterocycles. The monoisotopic (exact) mass is 265 g/mol. The molecule has 0 aliphatic heterocycles. The third-order valence-electron chi connectivity index (χ3n) is 2.31. The number of thiophene rings is 1. The van der Waals surface area contributed by atoms with E-state index in [1.807, 2.05) is 30.5 Å². The molecule has 1 aromatic heterocycles. The molecule has 4 heteroatoms. The van der Waals surface area contributed by atoms with Crippen molar-refractivity contribution in [3.8, 4) is 5.75 Å². The van der Waals surface area contributed by atoms with Crippen molar-refractivity contribution in [1.82, 2.24) is 0 Å². The zero-order valence-electron chi connectivity index (χ0n) is 9.61. The minimum atomic E-state index is 0.577. The highest BCUT2D eigenvalue weighted by Crippen LogP contribution is 2.29. The first-order chi connectivity index (χ1) is 8.20. The summed E-state index contributed by atoms with van der Waals surface area (Å²) in [5, 5.41) is 2.61. The average molecular weight is 266 g/mol. The summed E-state index contributed by atoms with van der Waals surface area (Å²) in [6.45, 7) is 1.99. The number of methoxy groups -OCH3 is 1. The summed E-state index contributed by atoms with van der Waals surface area (Å²) in [5.74, 6) is 0.666. The lowest BCUT2D eigenvalue weighted by atomic mass is 10.3. The van der Waals surface area contributed by atoms with E-state index in [0.29, 0.717) is 10.8 Å². The maximum atomic E-state index is 6.05. The predicted molar refractivity (Wildman–Crippen MR) is 74.2 cm³/mol. The Morgan fingerprint density at radius 3 is 2.76 bits per heavy atom. The van der Waals surface area contributed by atoms with Crippen molar-refractivity contribution in [3.05, 3.63) is 45.6 Å². The van der Waals surface area contributed by atoms with Crippen LogP contribution < -0.4 is 4.74 Å². The highest BCUT2D eigenvalue weighted by atomic mass is 35.5. The summed E-state index contributed by atoms with van der Waals surface area (Å²) < 4.78 is 5.10. The molecule has 0 saturated carbocycles. The highest BCUT2D eigenvalue weighted by molar-refractivity contribution is 7.12. The Morgan fingerprint density at radius 1 is 1.35 bits per heavy atom. The second kappa shape index (κ2) is 5.34. The van der Waals surface area contributed by atoms with E-state index >= 15 is 0 Å². The minimum Gasteiger partial charge on any atom is -0.495 e. The first-order valence-electron chi connectivity index (χ1n) is 5.13. The van der Waals surface area contributed by atoms with Crippen LogP contribution in [0.3, 0.4) is 0 Å².